The van der Waals surface area contributed by atoms with Crippen LogP contribution in [-0.4, -0.2) is 38.5 Å². The van der Waals surface area contributed by atoms with Crippen LogP contribution >= 0.6 is 31.9 Å². The third-order valence-corrected chi connectivity index (χ3v) is 5.21. The number of rotatable bonds is 7. The molecule has 10 nitrogen and oxygen atoms in total. The van der Waals surface area contributed by atoms with E-state index in [-0.39, 0.29) is 17.2 Å². The van der Waals surface area contributed by atoms with Crippen LogP contribution in [0.3, 0.4) is 0 Å². The number of nitro benzene ring substituents is 1. The summed E-state index contributed by atoms with van der Waals surface area (Å²) in [6.07, 6.45) is 1.20. The summed E-state index contributed by atoms with van der Waals surface area (Å²) in [7, 11) is 0. The van der Waals surface area contributed by atoms with Crippen molar-refractivity contribution in [3.63, 3.8) is 0 Å². The van der Waals surface area contributed by atoms with Crippen molar-refractivity contribution >= 4 is 60.6 Å². The lowest BCUT2D eigenvalue weighted by Crippen LogP contribution is -2.23. The van der Waals surface area contributed by atoms with Crippen LogP contribution in [-0.2, 0) is 4.79 Å². The number of carbonyl (C=O) groups is 1. The van der Waals surface area contributed by atoms with Crippen LogP contribution < -0.4 is 10.3 Å². The van der Waals surface area contributed by atoms with Crippen LogP contribution in [0.4, 0.5) is 5.69 Å². The van der Waals surface area contributed by atoms with Crippen LogP contribution in [0.2, 0.25) is 0 Å². The molecule has 0 radical (unpaired) electrons. The number of carboxylic acid groups (broad SMARTS) is 1. The maximum absolute atomic E-state index is 13.1. The molecule has 166 valence electrons. The number of hydrogen-bond donors (Lipinski definition) is 1. The highest BCUT2D eigenvalue weighted by Crippen LogP contribution is 2.34. The van der Waals surface area contributed by atoms with Crippen molar-refractivity contribution in [3.8, 4) is 5.75 Å². The second-order valence-electron chi connectivity index (χ2n) is 6.93. The molecular weight excluding hydrogens is 552 g/mol. The lowest BCUT2D eigenvalue weighted by Gasteiger charge is -2.12. The van der Waals surface area contributed by atoms with Gasteiger partial charge >= 0.3 is 11.7 Å². The fourth-order valence-electron chi connectivity index (χ4n) is 2.89. The van der Waals surface area contributed by atoms with E-state index >= 15 is 0 Å². The highest BCUT2D eigenvalue weighted by molar-refractivity contribution is 9.10. The van der Waals surface area contributed by atoms with Gasteiger partial charge in [0.05, 0.1) is 22.0 Å². The van der Waals surface area contributed by atoms with Crippen molar-refractivity contribution in [1.82, 2.24) is 9.66 Å². The number of carboxylic acids is 1. The molecule has 0 amide bonds. The molecule has 0 fully saturated rings. The Labute approximate surface area is 197 Å². The SMILES string of the molecule is CC(C)c1nc2ccc(Br)cc2c(=O)n1N=Cc1cc(Br)cc([N+](=O)[O-])c1OCC(=O)O. The number of nitrogens with zero attached hydrogens (tertiary/aromatic N) is 4. The van der Waals surface area contributed by atoms with Gasteiger partial charge in [-0.05, 0) is 24.3 Å². The molecule has 0 atom stereocenters. The van der Waals surface area contributed by atoms with Gasteiger partial charge in [-0.25, -0.2) is 9.78 Å². The Bertz CT molecular complexity index is 1320. The molecule has 0 aliphatic rings. The van der Waals surface area contributed by atoms with Crippen LogP contribution in [0.25, 0.3) is 10.9 Å². The van der Waals surface area contributed by atoms with Crippen molar-refractivity contribution in [2.24, 2.45) is 5.10 Å². The third-order valence-electron chi connectivity index (χ3n) is 4.26. The lowest BCUT2D eigenvalue weighted by atomic mass is 10.2. The molecular formula is C20H16Br2N4O6. The highest BCUT2D eigenvalue weighted by Gasteiger charge is 2.22. The minimum atomic E-state index is -1.30. The summed E-state index contributed by atoms with van der Waals surface area (Å²) in [6.45, 7) is 2.92. The molecule has 2 aromatic carbocycles. The molecule has 0 aliphatic carbocycles. The quantitative estimate of drug-likeness (QED) is 0.255. The van der Waals surface area contributed by atoms with Crippen molar-refractivity contribution in [3.05, 3.63) is 71.1 Å². The van der Waals surface area contributed by atoms with E-state index in [1.165, 1.54) is 18.3 Å². The van der Waals surface area contributed by atoms with Gasteiger partial charge in [0, 0.05) is 26.5 Å². The van der Waals surface area contributed by atoms with Gasteiger partial charge in [0.1, 0.15) is 5.82 Å². The van der Waals surface area contributed by atoms with Gasteiger partial charge in [0.2, 0.25) is 5.75 Å². The summed E-state index contributed by atoms with van der Waals surface area (Å²) in [6, 6.07) is 7.79. The van der Waals surface area contributed by atoms with E-state index in [4.69, 9.17) is 9.84 Å². The molecule has 0 bridgehead atoms. The first-order valence-corrected chi connectivity index (χ1v) is 10.8. The Morgan fingerprint density at radius 2 is 2.03 bits per heavy atom. The Morgan fingerprint density at radius 1 is 1.31 bits per heavy atom. The zero-order valence-corrected chi connectivity index (χ0v) is 20.0. The summed E-state index contributed by atoms with van der Waals surface area (Å²) in [5, 5.41) is 25.0. The lowest BCUT2D eigenvalue weighted by molar-refractivity contribution is -0.385. The summed E-state index contributed by atoms with van der Waals surface area (Å²) < 4.78 is 7.33. The average molecular weight is 568 g/mol. The highest BCUT2D eigenvalue weighted by atomic mass is 79.9. The van der Waals surface area contributed by atoms with Crippen molar-refractivity contribution in [2.45, 2.75) is 19.8 Å². The number of fused-ring (bicyclic) bond motifs is 1. The van der Waals surface area contributed by atoms with Gasteiger partial charge in [-0.3, -0.25) is 14.9 Å². The number of aromatic nitrogens is 2. The first-order valence-electron chi connectivity index (χ1n) is 9.17. The van der Waals surface area contributed by atoms with Gasteiger partial charge in [0.15, 0.2) is 6.61 Å². The summed E-state index contributed by atoms with van der Waals surface area (Å²) in [5.74, 6) is -1.35. The first-order chi connectivity index (χ1) is 15.1. The molecule has 1 heterocycles. The summed E-state index contributed by atoms with van der Waals surface area (Å²) in [5.41, 5.74) is -0.243. The van der Waals surface area contributed by atoms with Crippen molar-refractivity contribution in [2.75, 3.05) is 6.61 Å². The Balaban J connectivity index is 2.21. The van der Waals surface area contributed by atoms with E-state index in [9.17, 15) is 19.7 Å². The average Bonchev–Trinajstić information content (AvgIpc) is 2.71. The van der Waals surface area contributed by atoms with Crippen LogP contribution in [0.1, 0.15) is 31.2 Å². The number of halogens is 2. The fourth-order valence-corrected chi connectivity index (χ4v) is 3.72. The topological polar surface area (TPSA) is 137 Å². The van der Waals surface area contributed by atoms with E-state index < -0.39 is 28.7 Å². The third kappa shape index (κ3) is 5.02. The number of benzene rings is 2. The summed E-state index contributed by atoms with van der Waals surface area (Å²) >= 11 is 6.52. The minimum absolute atomic E-state index is 0.114. The van der Waals surface area contributed by atoms with E-state index in [0.717, 1.165) is 4.68 Å². The zero-order valence-electron chi connectivity index (χ0n) is 16.8. The van der Waals surface area contributed by atoms with Gasteiger partial charge in [-0.1, -0.05) is 45.7 Å². The Morgan fingerprint density at radius 3 is 2.66 bits per heavy atom. The molecule has 1 N–H and O–H groups in total. The summed E-state index contributed by atoms with van der Waals surface area (Å²) in [4.78, 5) is 39.4. The first kappa shape index (κ1) is 23.5. The van der Waals surface area contributed by atoms with Crippen LogP contribution in [0.15, 0.2) is 49.2 Å². The smallest absolute Gasteiger partial charge is 0.341 e. The normalized spacial score (nSPS) is 11.4. The molecule has 32 heavy (non-hydrogen) atoms. The second kappa shape index (κ2) is 9.57. The molecule has 1 aromatic heterocycles. The molecule has 12 heteroatoms. The fraction of sp³-hybridized carbons (Fsp3) is 0.200. The van der Waals surface area contributed by atoms with E-state index in [1.807, 2.05) is 13.8 Å². The van der Waals surface area contributed by atoms with E-state index in [1.54, 1.807) is 18.2 Å². The van der Waals surface area contributed by atoms with Crippen LogP contribution in [0.5, 0.6) is 5.75 Å². The molecule has 3 aromatic rings. The van der Waals surface area contributed by atoms with Gasteiger partial charge in [0.25, 0.3) is 5.56 Å². The second-order valence-corrected chi connectivity index (χ2v) is 8.76. The number of hydrogen-bond acceptors (Lipinski definition) is 7. The van der Waals surface area contributed by atoms with E-state index in [0.29, 0.717) is 25.7 Å². The number of aliphatic carboxylic acids is 1. The van der Waals surface area contributed by atoms with Crippen molar-refractivity contribution in [1.29, 1.82) is 0 Å². The Kier molecular flexibility index (Phi) is 7.04. The predicted molar refractivity (Wildman–Crippen MR) is 125 cm³/mol. The van der Waals surface area contributed by atoms with E-state index in [2.05, 4.69) is 41.9 Å². The molecule has 0 saturated carbocycles. The monoisotopic (exact) mass is 566 g/mol. The molecule has 0 aliphatic heterocycles. The van der Waals surface area contributed by atoms with Gasteiger partial charge in [-0.15, -0.1) is 0 Å². The van der Waals surface area contributed by atoms with Crippen molar-refractivity contribution < 1.29 is 19.6 Å². The van der Waals surface area contributed by atoms with Crippen LogP contribution in [0, 0.1) is 10.1 Å². The standard InChI is InChI=1S/C20H16Br2N4O6/c1-10(2)19-24-15-4-3-12(21)6-14(15)20(29)25(19)23-8-11-5-13(22)7-16(26(30)31)18(11)32-9-17(27)28/h3-8,10H,9H2,1-2H3,(H,27,28). The number of ether oxygens (including phenoxy) is 1. The van der Waals surface area contributed by atoms with Gasteiger partial charge in [-0.2, -0.15) is 9.78 Å². The minimum Gasteiger partial charge on any atom is -0.479 e. The number of nitro groups is 1. The maximum atomic E-state index is 13.1. The predicted octanol–water partition coefficient (Wildman–Crippen LogP) is 4.30. The largest absolute Gasteiger partial charge is 0.479 e. The maximum Gasteiger partial charge on any atom is 0.341 e. The van der Waals surface area contributed by atoms with Gasteiger partial charge < -0.3 is 9.84 Å². The molecule has 3 rings (SSSR count). The molecule has 0 spiro atoms. The Hall–Kier alpha value is -3.12. The molecule has 0 saturated heterocycles. The molecule has 0 unspecified atom stereocenters. The zero-order chi connectivity index (χ0) is 23.6.